The Morgan fingerprint density at radius 1 is 1.56 bits per heavy atom. The molecule has 90 valence electrons. The first-order chi connectivity index (χ1) is 7.65. The van der Waals surface area contributed by atoms with Gasteiger partial charge in [-0.05, 0) is 51.1 Å². The number of aryl methyl sites for hydroxylation is 3. The van der Waals surface area contributed by atoms with Gasteiger partial charge >= 0.3 is 0 Å². The fourth-order valence-corrected chi connectivity index (χ4v) is 2.05. The molecule has 0 aliphatic heterocycles. The van der Waals surface area contributed by atoms with E-state index in [9.17, 15) is 0 Å². The van der Waals surface area contributed by atoms with Gasteiger partial charge in [-0.1, -0.05) is 6.92 Å². The molecule has 1 fully saturated rings. The molecule has 1 atom stereocenters. The minimum absolute atomic E-state index is 0.760. The maximum atomic E-state index is 4.37. The van der Waals surface area contributed by atoms with Gasteiger partial charge in [0.05, 0.1) is 5.69 Å². The van der Waals surface area contributed by atoms with E-state index in [1.54, 1.807) is 0 Å². The molecule has 0 amide bonds. The lowest BCUT2D eigenvalue weighted by molar-refractivity contribution is 0.473. The van der Waals surface area contributed by atoms with E-state index >= 15 is 0 Å². The van der Waals surface area contributed by atoms with Crippen LogP contribution in [0, 0.1) is 12.8 Å². The Morgan fingerprint density at radius 2 is 2.31 bits per heavy atom. The van der Waals surface area contributed by atoms with Crippen LogP contribution in [0.4, 0.5) is 0 Å². The van der Waals surface area contributed by atoms with Gasteiger partial charge in [0.1, 0.15) is 0 Å². The van der Waals surface area contributed by atoms with E-state index in [2.05, 4.69) is 30.3 Å². The lowest BCUT2D eigenvalue weighted by Gasteiger charge is -2.11. The third-order valence-electron chi connectivity index (χ3n) is 3.32. The van der Waals surface area contributed by atoms with Gasteiger partial charge in [-0.15, -0.1) is 0 Å². The molecular weight excluding hydrogens is 198 g/mol. The molecule has 0 saturated heterocycles. The maximum absolute atomic E-state index is 4.37. The molecule has 0 radical (unpaired) electrons. The topological polar surface area (TPSA) is 29.9 Å². The number of rotatable bonds is 6. The van der Waals surface area contributed by atoms with Crippen LogP contribution in [0.5, 0.6) is 0 Å². The zero-order valence-corrected chi connectivity index (χ0v) is 10.7. The highest BCUT2D eigenvalue weighted by molar-refractivity contribution is 5.08. The van der Waals surface area contributed by atoms with Crippen molar-refractivity contribution in [3.8, 4) is 0 Å². The fraction of sp³-hybridized carbons (Fsp3) is 0.769. The second kappa shape index (κ2) is 5.00. The molecule has 1 aliphatic rings. The van der Waals surface area contributed by atoms with E-state index in [1.807, 2.05) is 11.7 Å². The quantitative estimate of drug-likeness (QED) is 0.797. The second-order valence-corrected chi connectivity index (χ2v) is 5.23. The summed E-state index contributed by atoms with van der Waals surface area (Å²) in [5, 5.41) is 7.96. The van der Waals surface area contributed by atoms with Crippen LogP contribution in [0.25, 0.3) is 0 Å². The van der Waals surface area contributed by atoms with Crippen molar-refractivity contribution in [3.05, 3.63) is 17.5 Å². The summed E-state index contributed by atoms with van der Waals surface area (Å²) in [5.41, 5.74) is 2.48. The van der Waals surface area contributed by atoms with Gasteiger partial charge in [-0.2, -0.15) is 5.10 Å². The van der Waals surface area contributed by atoms with Gasteiger partial charge in [0, 0.05) is 18.8 Å². The van der Waals surface area contributed by atoms with Gasteiger partial charge in [-0.3, -0.25) is 4.68 Å². The van der Waals surface area contributed by atoms with E-state index in [1.165, 1.54) is 31.5 Å². The monoisotopic (exact) mass is 221 g/mol. The maximum Gasteiger partial charge on any atom is 0.0596 e. The van der Waals surface area contributed by atoms with Crippen LogP contribution in [0.2, 0.25) is 0 Å². The average molecular weight is 221 g/mol. The van der Waals surface area contributed by atoms with Crippen molar-refractivity contribution in [1.29, 1.82) is 0 Å². The summed E-state index contributed by atoms with van der Waals surface area (Å²) in [6, 6.07) is 3.03. The molecule has 0 spiro atoms. The molecule has 1 aromatic rings. The molecule has 3 heteroatoms. The molecule has 0 bridgehead atoms. The molecule has 1 aromatic heterocycles. The van der Waals surface area contributed by atoms with E-state index in [4.69, 9.17) is 0 Å². The normalized spacial score (nSPS) is 17.7. The fourth-order valence-electron chi connectivity index (χ4n) is 2.05. The third-order valence-corrected chi connectivity index (χ3v) is 3.32. The highest BCUT2D eigenvalue weighted by atomic mass is 15.3. The summed E-state index contributed by atoms with van der Waals surface area (Å²) in [4.78, 5) is 0. The van der Waals surface area contributed by atoms with Crippen molar-refractivity contribution in [3.63, 3.8) is 0 Å². The summed E-state index contributed by atoms with van der Waals surface area (Å²) in [6.07, 6.45) is 5.16. The second-order valence-electron chi connectivity index (χ2n) is 5.23. The van der Waals surface area contributed by atoms with E-state index in [0.717, 1.165) is 24.1 Å². The average Bonchev–Trinajstić information content (AvgIpc) is 2.99. The SMILES string of the molecule is Cc1cc(CCC(C)CNC2CC2)n(C)n1. The van der Waals surface area contributed by atoms with Crippen molar-refractivity contribution in [2.75, 3.05) is 6.54 Å². The first-order valence-corrected chi connectivity index (χ1v) is 6.38. The molecular formula is C13H23N3. The summed E-state index contributed by atoms with van der Waals surface area (Å²) < 4.78 is 2.01. The molecule has 1 unspecified atom stereocenters. The number of nitrogens with one attached hydrogen (secondary N) is 1. The lowest BCUT2D eigenvalue weighted by Crippen LogP contribution is -2.23. The summed E-state index contributed by atoms with van der Waals surface area (Å²) in [5.74, 6) is 0.760. The summed E-state index contributed by atoms with van der Waals surface area (Å²) >= 11 is 0. The van der Waals surface area contributed by atoms with Crippen molar-refractivity contribution in [1.82, 2.24) is 15.1 Å². The van der Waals surface area contributed by atoms with Gasteiger partial charge in [0.2, 0.25) is 0 Å². The molecule has 1 saturated carbocycles. The highest BCUT2D eigenvalue weighted by Gasteiger charge is 2.20. The van der Waals surface area contributed by atoms with Crippen LogP contribution in [0.3, 0.4) is 0 Å². The number of nitrogens with zero attached hydrogens (tertiary/aromatic N) is 2. The van der Waals surface area contributed by atoms with Crippen molar-refractivity contribution < 1.29 is 0 Å². The van der Waals surface area contributed by atoms with Gasteiger partial charge in [-0.25, -0.2) is 0 Å². The zero-order valence-electron chi connectivity index (χ0n) is 10.7. The van der Waals surface area contributed by atoms with Crippen LogP contribution in [-0.2, 0) is 13.5 Å². The largest absolute Gasteiger partial charge is 0.314 e. The van der Waals surface area contributed by atoms with Crippen LogP contribution >= 0.6 is 0 Å². The standard InChI is InChI=1S/C13H23N3/c1-10(9-14-12-5-6-12)4-7-13-8-11(2)15-16(13)3/h8,10,12,14H,4-7,9H2,1-3H3. The predicted molar refractivity (Wildman–Crippen MR) is 66.5 cm³/mol. The van der Waals surface area contributed by atoms with E-state index in [0.29, 0.717) is 0 Å². The van der Waals surface area contributed by atoms with Crippen LogP contribution in [-0.4, -0.2) is 22.4 Å². The third kappa shape index (κ3) is 3.34. The zero-order chi connectivity index (χ0) is 11.5. The summed E-state index contributed by atoms with van der Waals surface area (Å²) in [7, 11) is 2.04. The van der Waals surface area contributed by atoms with Crippen LogP contribution < -0.4 is 5.32 Å². The Bertz CT molecular complexity index is 339. The molecule has 2 rings (SSSR count). The lowest BCUT2D eigenvalue weighted by atomic mass is 10.0. The van der Waals surface area contributed by atoms with Crippen molar-refractivity contribution >= 4 is 0 Å². The van der Waals surface area contributed by atoms with Crippen molar-refractivity contribution in [2.45, 2.75) is 45.6 Å². The highest BCUT2D eigenvalue weighted by Crippen LogP contribution is 2.19. The number of hydrogen-bond donors (Lipinski definition) is 1. The molecule has 3 nitrogen and oxygen atoms in total. The predicted octanol–water partition coefficient (Wildman–Crippen LogP) is 2.05. The first-order valence-electron chi connectivity index (χ1n) is 6.38. The van der Waals surface area contributed by atoms with Crippen LogP contribution in [0.1, 0.15) is 37.6 Å². The molecule has 16 heavy (non-hydrogen) atoms. The van der Waals surface area contributed by atoms with E-state index < -0.39 is 0 Å². The Kier molecular flexibility index (Phi) is 3.64. The minimum atomic E-state index is 0.760. The minimum Gasteiger partial charge on any atom is -0.314 e. The number of hydrogen-bond acceptors (Lipinski definition) is 2. The van der Waals surface area contributed by atoms with Crippen LogP contribution in [0.15, 0.2) is 6.07 Å². The molecule has 0 aromatic carbocycles. The first kappa shape index (κ1) is 11.6. The smallest absolute Gasteiger partial charge is 0.0596 e. The Hall–Kier alpha value is -0.830. The Morgan fingerprint density at radius 3 is 2.88 bits per heavy atom. The van der Waals surface area contributed by atoms with Gasteiger partial charge < -0.3 is 5.32 Å². The molecule has 1 aliphatic carbocycles. The van der Waals surface area contributed by atoms with Gasteiger partial charge in [0.25, 0.3) is 0 Å². The van der Waals surface area contributed by atoms with Gasteiger partial charge in [0.15, 0.2) is 0 Å². The Balaban J connectivity index is 1.70. The summed E-state index contributed by atoms with van der Waals surface area (Å²) in [6.45, 7) is 5.56. The van der Waals surface area contributed by atoms with E-state index in [-0.39, 0.29) is 0 Å². The molecule has 1 heterocycles. The van der Waals surface area contributed by atoms with Crippen molar-refractivity contribution in [2.24, 2.45) is 13.0 Å². The molecule has 1 N–H and O–H groups in total. The number of aromatic nitrogens is 2. The Labute approximate surface area is 98.2 Å².